The first-order valence-electron chi connectivity index (χ1n) is 18.5. The van der Waals surface area contributed by atoms with Crippen molar-refractivity contribution in [2.45, 2.75) is 74.6 Å². The lowest BCUT2D eigenvalue weighted by Gasteiger charge is -2.61. The summed E-state index contributed by atoms with van der Waals surface area (Å²) in [7, 11) is 2.75. The maximum absolute atomic E-state index is 16.0. The molecule has 7 heterocycles. The molecule has 3 N–H and O–H groups in total. The Hall–Kier alpha value is -5.08. The van der Waals surface area contributed by atoms with Crippen LogP contribution in [0.25, 0.3) is 0 Å². The zero-order chi connectivity index (χ0) is 39.5. The minimum Gasteiger partial charge on any atom is -0.504 e. The van der Waals surface area contributed by atoms with Crippen LogP contribution in [0, 0.1) is 25.2 Å². The number of ether oxygens (including phenoxy) is 6. The molecule has 2 saturated heterocycles. The van der Waals surface area contributed by atoms with Gasteiger partial charge in [0, 0.05) is 52.6 Å². The van der Waals surface area contributed by atoms with Crippen LogP contribution in [0.1, 0.15) is 68.8 Å². The van der Waals surface area contributed by atoms with E-state index < -0.39 is 57.7 Å². The molecule has 0 radical (unpaired) electrons. The smallest absolute Gasteiger partial charge is 0.332 e. The summed E-state index contributed by atoms with van der Waals surface area (Å²) >= 11 is 0. The molecule has 3 aromatic carbocycles. The Morgan fingerprint density at radius 3 is 2.54 bits per heavy atom. The number of rotatable bonds is 3. The van der Waals surface area contributed by atoms with E-state index in [-0.39, 0.29) is 48.2 Å². The van der Waals surface area contributed by atoms with Crippen LogP contribution in [0.4, 0.5) is 0 Å². The van der Waals surface area contributed by atoms with Gasteiger partial charge in [-0.1, -0.05) is 6.07 Å². The number of hydrogen-bond donors (Lipinski definition) is 3. The number of phenolic OH excluding ortho intramolecular Hbond substituents is 2. The maximum Gasteiger partial charge on any atom is 0.332 e. The van der Waals surface area contributed by atoms with Crippen molar-refractivity contribution in [2.75, 3.05) is 47.0 Å². The second-order valence-electron chi connectivity index (χ2n) is 15.3. The van der Waals surface area contributed by atoms with Gasteiger partial charge in [-0.2, -0.15) is 5.26 Å². The monoisotopic (exact) mass is 786 g/mol. The fraction of sp³-hybridized carbons (Fsp3) is 0.475. The van der Waals surface area contributed by atoms with E-state index in [1.165, 1.54) is 21.1 Å². The van der Waals surface area contributed by atoms with E-state index >= 15 is 4.21 Å². The summed E-state index contributed by atoms with van der Waals surface area (Å²) in [4.78, 5) is 31.8. The van der Waals surface area contributed by atoms with Crippen LogP contribution >= 0.6 is 0 Å². The average Bonchev–Trinajstić information content (AvgIpc) is 3.65. The Bertz CT molecular complexity index is 2310. The Labute approximate surface area is 325 Å². The first-order chi connectivity index (χ1) is 26.9. The molecule has 0 aromatic heterocycles. The van der Waals surface area contributed by atoms with E-state index in [1.807, 2.05) is 24.9 Å². The molecule has 56 heavy (non-hydrogen) atoms. The van der Waals surface area contributed by atoms with Gasteiger partial charge in [0.2, 0.25) is 6.79 Å². The first kappa shape index (κ1) is 36.6. The number of hydrogen-bond acceptors (Lipinski definition) is 15. The molecule has 7 aliphatic rings. The van der Waals surface area contributed by atoms with Crippen molar-refractivity contribution in [3.05, 3.63) is 62.7 Å². The van der Waals surface area contributed by atoms with Crippen LogP contribution < -0.4 is 29.0 Å². The van der Waals surface area contributed by atoms with Gasteiger partial charge in [0.1, 0.15) is 18.4 Å². The van der Waals surface area contributed by atoms with E-state index in [2.05, 4.69) is 16.3 Å². The van der Waals surface area contributed by atoms with E-state index in [1.54, 1.807) is 19.1 Å². The Kier molecular flexibility index (Phi) is 8.48. The Balaban J connectivity index is 1.36. The summed E-state index contributed by atoms with van der Waals surface area (Å²) in [5.41, 5.74) is 2.99. The number of carbonyl (C=O) groups is 2. The van der Waals surface area contributed by atoms with Gasteiger partial charge in [-0.3, -0.25) is 24.1 Å². The minimum absolute atomic E-state index is 0.0492. The molecular weight excluding hydrogens is 745 g/mol. The van der Waals surface area contributed by atoms with Crippen molar-refractivity contribution in [3.8, 4) is 46.3 Å². The van der Waals surface area contributed by atoms with Crippen LogP contribution in [0.15, 0.2) is 18.2 Å². The average molecular weight is 787 g/mol. The number of carbonyl (C=O) groups excluding carboxylic acids is 2. The van der Waals surface area contributed by atoms with Crippen molar-refractivity contribution in [3.63, 3.8) is 0 Å². The fourth-order valence-electron chi connectivity index (χ4n) is 10.4. The molecule has 294 valence electrons. The summed E-state index contributed by atoms with van der Waals surface area (Å²) in [6.45, 7) is 4.79. The van der Waals surface area contributed by atoms with Crippen LogP contribution in [-0.4, -0.2) is 101 Å². The number of nitriles is 1. The number of nitrogens with zero attached hydrogens (tertiary/aromatic N) is 3. The van der Waals surface area contributed by atoms with Gasteiger partial charge in [0.05, 0.1) is 49.4 Å². The maximum atomic E-state index is 16.0. The number of aromatic hydroxyl groups is 2. The summed E-state index contributed by atoms with van der Waals surface area (Å²) in [5, 5.41) is 36.2. The van der Waals surface area contributed by atoms with E-state index in [9.17, 15) is 25.1 Å². The lowest BCUT2D eigenvalue weighted by atomic mass is 9.71. The number of aryl methyl sites for hydroxylation is 1. The lowest BCUT2D eigenvalue weighted by molar-refractivity contribution is -0.157. The number of piperazine rings is 1. The molecular formula is C40H42N4O11S. The standard InChI is InChI=1S/C40H42N4O11S/c1-17-9-21-10-23-24(13-41)44-25-14-52-39(48)40(22-12-27(50-5)26(46)11-20(22)7-8-42-40)15-56(49)38(32(44)31(43(23)4)28(21)33(47)34(17)51-6)30-29(25)37-36(53-16-54-37)18(2)35(30)55-19(3)45/h9,11-12,23-25,31-32,38,42,46-47H,7-8,10,14-16H2,1-6H3/t23-,24+,25-,31+,32-,38-,40-,56?/m1/s1. The third-order valence-electron chi connectivity index (χ3n) is 12.6. The molecule has 7 aliphatic heterocycles. The molecule has 1 unspecified atom stereocenters. The number of nitrogens with one attached hydrogen (secondary N) is 1. The van der Waals surface area contributed by atoms with Gasteiger partial charge in [-0.15, -0.1) is 0 Å². The van der Waals surface area contributed by atoms with E-state index in [4.69, 9.17) is 28.4 Å². The Morgan fingerprint density at radius 1 is 1.05 bits per heavy atom. The number of likely N-dealkylation sites (N-methyl/N-ethyl adjacent to an activating group) is 1. The number of methoxy groups -OCH3 is 2. The largest absolute Gasteiger partial charge is 0.504 e. The van der Waals surface area contributed by atoms with Crippen molar-refractivity contribution < 1.29 is 52.4 Å². The third-order valence-corrected chi connectivity index (χ3v) is 14.4. The highest BCUT2D eigenvalue weighted by atomic mass is 32.2. The molecule has 15 nitrogen and oxygen atoms in total. The lowest BCUT2D eigenvalue weighted by Crippen LogP contribution is -2.70. The molecule has 3 aromatic rings. The highest BCUT2D eigenvalue weighted by molar-refractivity contribution is 7.85. The predicted molar refractivity (Wildman–Crippen MR) is 199 cm³/mol. The van der Waals surface area contributed by atoms with Crippen molar-refractivity contribution in [1.82, 2.24) is 15.1 Å². The molecule has 16 heteroatoms. The van der Waals surface area contributed by atoms with Crippen LogP contribution in [-0.2, 0) is 43.5 Å². The van der Waals surface area contributed by atoms with Crippen LogP contribution in [0.3, 0.4) is 0 Å². The number of phenols is 2. The molecule has 10 rings (SSSR count). The van der Waals surface area contributed by atoms with Crippen LogP contribution in [0.5, 0.6) is 40.2 Å². The molecule has 0 aliphatic carbocycles. The number of esters is 2. The van der Waals surface area contributed by atoms with Gasteiger partial charge in [0.25, 0.3) is 0 Å². The number of benzene rings is 3. The van der Waals surface area contributed by atoms with Crippen LogP contribution in [0.2, 0.25) is 0 Å². The van der Waals surface area contributed by atoms with Gasteiger partial charge in [-0.25, -0.2) is 4.79 Å². The van der Waals surface area contributed by atoms with Crippen molar-refractivity contribution in [1.29, 1.82) is 5.26 Å². The van der Waals surface area contributed by atoms with Gasteiger partial charge >= 0.3 is 11.9 Å². The quantitative estimate of drug-likeness (QED) is 0.259. The minimum atomic E-state index is -2.06. The van der Waals surface area contributed by atoms with Gasteiger partial charge < -0.3 is 38.6 Å². The summed E-state index contributed by atoms with van der Waals surface area (Å²) in [6, 6.07) is 4.10. The van der Waals surface area contributed by atoms with Gasteiger partial charge in [-0.05, 0) is 68.1 Å². The molecule has 4 bridgehead atoms. The molecule has 0 saturated carbocycles. The molecule has 8 atom stereocenters. The molecule has 0 amide bonds. The Morgan fingerprint density at radius 2 is 1.82 bits per heavy atom. The van der Waals surface area contributed by atoms with Gasteiger partial charge in [0.15, 0.2) is 40.0 Å². The second kappa shape index (κ2) is 13.0. The molecule has 2 fully saturated rings. The van der Waals surface area contributed by atoms with Crippen molar-refractivity contribution in [2.24, 2.45) is 0 Å². The fourth-order valence-corrected chi connectivity index (χ4v) is 12.5. The van der Waals surface area contributed by atoms with Crippen molar-refractivity contribution >= 4 is 22.7 Å². The second-order valence-corrected chi connectivity index (χ2v) is 16.9. The summed E-state index contributed by atoms with van der Waals surface area (Å²) in [6.07, 6.45) is 0.882. The summed E-state index contributed by atoms with van der Waals surface area (Å²) in [5.74, 6) is -0.469. The highest BCUT2D eigenvalue weighted by Gasteiger charge is 2.63. The zero-order valence-electron chi connectivity index (χ0n) is 31.8. The third kappa shape index (κ3) is 4.87. The number of fused-ring (bicyclic) bond motifs is 9. The SMILES string of the molecule is COc1cc2c(cc1O)CCN[C@]21CS(=O)[C@@H]2c3c(OC(C)=O)c(C)c4c(c3[C@@H](COC1=O)N1[C@@H]2[C@@H]2c3c(cc(C)c(OC)c3O)C[C@H]([C@@H]1C#N)N2C)OCO4. The highest BCUT2D eigenvalue weighted by Crippen LogP contribution is 2.63. The molecule has 1 spiro atoms. The topological polar surface area (TPSA) is 189 Å². The summed E-state index contributed by atoms with van der Waals surface area (Å²) < 4.78 is 51.8. The zero-order valence-corrected chi connectivity index (χ0v) is 32.6. The normalized spacial score (nSPS) is 29.9. The van der Waals surface area contributed by atoms with E-state index in [0.29, 0.717) is 70.0 Å². The predicted octanol–water partition coefficient (Wildman–Crippen LogP) is 3.00. The van der Waals surface area contributed by atoms with E-state index in [0.717, 1.165) is 11.1 Å². The first-order valence-corrected chi connectivity index (χ1v) is 19.9.